The van der Waals surface area contributed by atoms with Crippen molar-refractivity contribution < 1.29 is 29.1 Å². The summed E-state index contributed by atoms with van der Waals surface area (Å²) < 4.78 is 4.43. The second-order valence-electron chi connectivity index (χ2n) is 2.40. The summed E-state index contributed by atoms with van der Waals surface area (Å²) >= 11 is 0. The van der Waals surface area contributed by atoms with E-state index in [9.17, 15) is 14.4 Å². The van der Waals surface area contributed by atoms with Crippen LogP contribution in [0.1, 0.15) is 6.92 Å². The van der Waals surface area contributed by atoms with Gasteiger partial charge in [0, 0.05) is 0 Å². The van der Waals surface area contributed by atoms with Crippen molar-refractivity contribution in [1.29, 1.82) is 0 Å². The smallest absolute Gasteiger partial charge is 0.433 e. The lowest BCUT2D eigenvalue weighted by molar-refractivity contribution is -0.143. The predicted octanol–water partition coefficient (Wildman–Crippen LogP) is -0.218. The average Bonchev–Trinajstić information content (AvgIpc) is 2.27. The van der Waals surface area contributed by atoms with Gasteiger partial charge in [0.2, 0.25) is 0 Å². The van der Waals surface area contributed by atoms with Crippen LogP contribution in [-0.2, 0) is 14.4 Å². The Balaban J connectivity index is 4.39. The molecule has 9 nitrogen and oxygen atoms in total. The van der Waals surface area contributed by atoms with Gasteiger partial charge in [0.25, 0.3) is 0 Å². The molecule has 0 aromatic rings. The summed E-state index contributed by atoms with van der Waals surface area (Å²) in [6, 6.07) is -1.10. The molecule has 0 saturated carbocycles. The number of urea groups is 1. The molecule has 9 heteroatoms. The number of carbonyl (C=O) groups is 3. The number of ether oxygens (including phenoxy) is 1. The highest BCUT2D eigenvalue weighted by atomic mass is 16.7. The van der Waals surface area contributed by atoms with Crippen LogP contribution < -0.4 is 11.2 Å². The van der Waals surface area contributed by atoms with Gasteiger partial charge in [-0.25, -0.2) is 14.4 Å². The molecule has 0 bridgehead atoms. The van der Waals surface area contributed by atoms with Crippen molar-refractivity contribution in [2.45, 2.75) is 6.92 Å². The number of hydrogen-bond acceptors (Lipinski definition) is 6. The van der Waals surface area contributed by atoms with Gasteiger partial charge in [-0.3, -0.25) is 0 Å². The van der Waals surface area contributed by atoms with Crippen LogP contribution in [0.2, 0.25) is 0 Å². The van der Waals surface area contributed by atoms with Crippen molar-refractivity contribution in [2.24, 2.45) is 10.7 Å². The lowest BCUT2D eigenvalue weighted by Crippen LogP contribution is -2.32. The first-order chi connectivity index (χ1) is 8.01. The number of aliphatic imine (C=N–C) groups is 1. The summed E-state index contributed by atoms with van der Waals surface area (Å²) in [6.07, 6.45) is 0.110. The van der Waals surface area contributed by atoms with Gasteiger partial charge in [-0.2, -0.15) is 10.5 Å². The van der Waals surface area contributed by atoms with E-state index in [1.807, 2.05) is 0 Å². The number of carbonyl (C=O) groups excluding carboxylic acids is 3. The van der Waals surface area contributed by atoms with E-state index in [1.165, 1.54) is 5.48 Å². The summed E-state index contributed by atoms with van der Waals surface area (Å²) in [5.41, 5.74) is 5.68. The SMILES string of the molecule is CCOC(=O)N=CC(=CO)C(=O)ONC(N)=O. The summed E-state index contributed by atoms with van der Waals surface area (Å²) in [5.74, 6) is -1.15. The first-order valence-corrected chi connectivity index (χ1v) is 4.33. The first kappa shape index (κ1) is 14.4. The van der Waals surface area contributed by atoms with Crippen molar-refractivity contribution >= 4 is 24.3 Å². The topological polar surface area (TPSA) is 140 Å². The third-order valence-electron chi connectivity index (χ3n) is 1.20. The quantitative estimate of drug-likeness (QED) is 0.272. The standard InChI is InChI=1S/C8H11N3O6/c1-2-16-8(15)10-3-5(4-12)6(13)17-11-7(9)14/h3-4,12H,2H2,1H3,(H3,9,11,14). The number of nitrogens with two attached hydrogens (primary N) is 1. The molecule has 0 aliphatic heterocycles. The van der Waals surface area contributed by atoms with Crippen LogP contribution in [0.15, 0.2) is 16.8 Å². The van der Waals surface area contributed by atoms with Crippen molar-refractivity contribution in [2.75, 3.05) is 6.61 Å². The largest absolute Gasteiger partial charge is 0.515 e. The van der Waals surface area contributed by atoms with Gasteiger partial charge >= 0.3 is 18.1 Å². The number of aliphatic hydroxyl groups is 1. The van der Waals surface area contributed by atoms with Crippen molar-refractivity contribution in [3.8, 4) is 0 Å². The highest BCUT2D eigenvalue weighted by Crippen LogP contribution is 1.93. The lowest BCUT2D eigenvalue weighted by Gasteiger charge is -2.01. The van der Waals surface area contributed by atoms with Crippen LogP contribution >= 0.6 is 0 Å². The molecule has 0 unspecified atom stereocenters. The van der Waals surface area contributed by atoms with Gasteiger partial charge in [0.15, 0.2) is 0 Å². The fraction of sp³-hybridized carbons (Fsp3) is 0.250. The van der Waals surface area contributed by atoms with E-state index in [1.54, 1.807) is 6.92 Å². The van der Waals surface area contributed by atoms with Gasteiger partial charge < -0.3 is 20.4 Å². The number of nitrogens with one attached hydrogen (secondary N) is 1. The number of aliphatic hydroxyl groups excluding tert-OH is 1. The maximum atomic E-state index is 11.1. The highest BCUT2D eigenvalue weighted by molar-refractivity contribution is 6.11. The first-order valence-electron chi connectivity index (χ1n) is 4.33. The zero-order valence-corrected chi connectivity index (χ0v) is 8.87. The van der Waals surface area contributed by atoms with Crippen LogP contribution in [-0.4, -0.2) is 36.0 Å². The molecule has 0 rings (SSSR count). The minimum atomic E-state index is -1.15. The van der Waals surface area contributed by atoms with Crippen molar-refractivity contribution in [3.05, 3.63) is 11.8 Å². The van der Waals surface area contributed by atoms with E-state index in [-0.39, 0.29) is 6.61 Å². The molecule has 0 aliphatic rings. The van der Waals surface area contributed by atoms with Crippen molar-refractivity contribution in [1.82, 2.24) is 5.48 Å². The molecule has 0 heterocycles. The second kappa shape index (κ2) is 7.68. The number of hydroxylamine groups is 1. The predicted molar refractivity (Wildman–Crippen MR) is 55.0 cm³/mol. The Morgan fingerprint density at radius 3 is 2.59 bits per heavy atom. The minimum Gasteiger partial charge on any atom is -0.515 e. The molecule has 0 aliphatic carbocycles. The molecule has 0 radical (unpaired) electrons. The third-order valence-corrected chi connectivity index (χ3v) is 1.20. The maximum Gasteiger partial charge on any atom is 0.433 e. The maximum absolute atomic E-state index is 11.1. The number of rotatable bonds is 3. The summed E-state index contributed by atoms with van der Waals surface area (Å²) in [4.78, 5) is 39.4. The van der Waals surface area contributed by atoms with Gasteiger partial charge in [-0.15, -0.1) is 0 Å². The van der Waals surface area contributed by atoms with E-state index in [4.69, 9.17) is 5.11 Å². The number of hydrogen-bond donors (Lipinski definition) is 3. The summed E-state index contributed by atoms with van der Waals surface area (Å²) in [5, 5.41) is 8.65. The normalized spacial score (nSPS) is 11.0. The molecule has 0 atom stereocenters. The van der Waals surface area contributed by atoms with E-state index in [2.05, 4.69) is 20.3 Å². The Kier molecular flexibility index (Phi) is 6.51. The zero-order chi connectivity index (χ0) is 13.3. The van der Waals surface area contributed by atoms with Crippen LogP contribution in [0.4, 0.5) is 9.59 Å². The average molecular weight is 245 g/mol. The minimum absolute atomic E-state index is 0.113. The Morgan fingerprint density at radius 2 is 2.12 bits per heavy atom. The van der Waals surface area contributed by atoms with E-state index < -0.39 is 23.7 Å². The fourth-order valence-corrected chi connectivity index (χ4v) is 0.577. The number of primary amides is 1. The molecule has 0 aromatic heterocycles. The number of nitrogens with zero attached hydrogens (tertiary/aromatic N) is 1. The van der Waals surface area contributed by atoms with Crippen LogP contribution in [0.5, 0.6) is 0 Å². The Hall–Kier alpha value is -2.58. The van der Waals surface area contributed by atoms with E-state index >= 15 is 0 Å². The van der Waals surface area contributed by atoms with E-state index in [0.717, 1.165) is 0 Å². The molecular formula is C8H11N3O6. The molecule has 4 N–H and O–H groups in total. The van der Waals surface area contributed by atoms with Gasteiger partial charge in [-0.05, 0) is 6.92 Å². The fourth-order valence-electron chi connectivity index (χ4n) is 0.577. The second-order valence-corrected chi connectivity index (χ2v) is 2.40. The lowest BCUT2D eigenvalue weighted by atomic mass is 10.3. The molecule has 0 aromatic carbocycles. The molecule has 0 saturated heterocycles. The van der Waals surface area contributed by atoms with Crippen LogP contribution in [0.25, 0.3) is 0 Å². The molecule has 0 spiro atoms. The van der Waals surface area contributed by atoms with Gasteiger partial charge in [0.05, 0.1) is 19.1 Å². The molecule has 94 valence electrons. The number of amides is 3. The van der Waals surface area contributed by atoms with Crippen LogP contribution in [0, 0.1) is 0 Å². The van der Waals surface area contributed by atoms with Gasteiger partial charge in [0.1, 0.15) is 5.57 Å². The molecule has 0 fully saturated rings. The molecule has 3 amide bonds. The monoisotopic (exact) mass is 245 g/mol. The van der Waals surface area contributed by atoms with E-state index in [0.29, 0.717) is 12.5 Å². The van der Waals surface area contributed by atoms with Crippen molar-refractivity contribution in [3.63, 3.8) is 0 Å². The molecule has 17 heavy (non-hydrogen) atoms. The Labute approximate surface area is 95.8 Å². The molecular weight excluding hydrogens is 234 g/mol. The Bertz CT molecular complexity index is 362. The summed E-state index contributed by atoms with van der Waals surface area (Å²) in [7, 11) is 0. The zero-order valence-electron chi connectivity index (χ0n) is 8.87. The third kappa shape index (κ3) is 6.49. The van der Waals surface area contributed by atoms with Crippen LogP contribution in [0.3, 0.4) is 0 Å². The highest BCUT2D eigenvalue weighted by Gasteiger charge is 2.11. The van der Waals surface area contributed by atoms with Gasteiger partial charge in [-0.1, -0.05) is 0 Å². The summed E-state index contributed by atoms with van der Waals surface area (Å²) in [6.45, 7) is 1.68. The Morgan fingerprint density at radius 1 is 1.47 bits per heavy atom.